The summed E-state index contributed by atoms with van der Waals surface area (Å²) in [5.41, 5.74) is -2.79. The van der Waals surface area contributed by atoms with Crippen LogP contribution in [0, 0.1) is 17.6 Å². The van der Waals surface area contributed by atoms with Crippen molar-refractivity contribution >= 4 is 55.3 Å². The fraction of sp³-hybridized carbons (Fsp3) is 0.286. The molecular weight excluding hydrogens is 908 g/mol. The van der Waals surface area contributed by atoms with E-state index in [1.54, 1.807) is 24.3 Å². The molecule has 3 atom stereocenters. The van der Waals surface area contributed by atoms with Crippen LogP contribution < -0.4 is 19.9 Å². The molecule has 0 unspecified atom stereocenters. The summed E-state index contributed by atoms with van der Waals surface area (Å²) in [5, 5.41) is 21.1. The van der Waals surface area contributed by atoms with Gasteiger partial charge in [0.1, 0.15) is 41.1 Å². The smallest absolute Gasteiger partial charge is 0.293 e. The topological polar surface area (TPSA) is 179 Å². The van der Waals surface area contributed by atoms with Gasteiger partial charge in [-0.2, -0.15) is 24.0 Å². The minimum absolute atomic E-state index is 0.00499. The summed E-state index contributed by atoms with van der Waals surface area (Å²) in [4.78, 5) is 37.5. The molecule has 7 aromatic rings. The van der Waals surface area contributed by atoms with Crippen LogP contribution in [0.25, 0.3) is 27.6 Å². The zero-order valence-corrected chi connectivity index (χ0v) is 35.7. The van der Waals surface area contributed by atoms with Crippen molar-refractivity contribution in [3.05, 3.63) is 128 Å². The quantitative estimate of drug-likeness (QED) is 0.118. The lowest BCUT2D eigenvalue weighted by atomic mass is 10.0. The maximum absolute atomic E-state index is 15.5. The molecule has 4 heterocycles. The van der Waals surface area contributed by atoms with Crippen LogP contribution in [0.1, 0.15) is 58.7 Å². The summed E-state index contributed by atoms with van der Waals surface area (Å²) < 4.78 is 125. The number of rotatable bonds is 13. The Morgan fingerprint density at radius 3 is 2.40 bits per heavy atom. The van der Waals surface area contributed by atoms with Gasteiger partial charge < -0.3 is 15.2 Å². The predicted molar refractivity (Wildman–Crippen MR) is 223 cm³/mol. The number of hydrogen-bond donors (Lipinski definition) is 2. The highest BCUT2D eigenvalue weighted by Gasteiger charge is 2.67. The van der Waals surface area contributed by atoms with Gasteiger partial charge >= 0.3 is 0 Å². The normalized spacial score (nSPS) is 16.8. The van der Waals surface area contributed by atoms with E-state index in [9.17, 15) is 40.7 Å². The minimum atomic E-state index is -4.11. The van der Waals surface area contributed by atoms with Crippen molar-refractivity contribution in [3.8, 4) is 17.3 Å². The average molecular weight is 942 g/mol. The summed E-state index contributed by atoms with van der Waals surface area (Å²) in [6.07, 6.45) is -2.82. The molecule has 0 aliphatic heterocycles. The van der Waals surface area contributed by atoms with Crippen LogP contribution >= 0.6 is 11.6 Å². The lowest BCUT2D eigenvalue weighted by Crippen LogP contribution is -2.38. The number of pyridine rings is 1. The van der Waals surface area contributed by atoms with Crippen molar-refractivity contribution in [3.63, 3.8) is 0 Å². The Morgan fingerprint density at radius 1 is 1.03 bits per heavy atom. The number of ether oxygens (including phenoxy) is 1. The monoisotopic (exact) mass is 941 g/mol. The van der Waals surface area contributed by atoms with E-state index in [1.807, 2.05) is 0 Å². The number of aromatic hydroxyl groups is 1. The van der Waals surface area contributed by atoms with Gasteiger partial charge in [-0.1, -0.05) is 23.7 Å². The van der Waals surface area contributed by atoms with Gasteiger partial charge in [0.25, 0.3) is 17.9 Å². The number of aromatic nitrogens is 7. The Morgan fingerprint density at radius 2 is 1.74 bits per heavy atom. The Hall–Kier alpha value is -6.68. The second kappa shape index (κ2) is 15.8. The maximum atomic E-state index is 15.5. The molecule has 2 aliphatic rings. The van der Waals surface area contributed by atoms with Crippen LogP contribution in [0.15, 0.2) is 71.5 Å². The number of methoxy groups -OCH3 is 1. The van der Waals surface area contributed by atoms with Crippen LogP contribution in [0.5, 0.6) is 11.6 Å². The average Bonchev–Trinajstić information content (AvgIpc) is 3.76. The number of nitrogens with zero attached hydrogens (tertiary/aromatic N) is 8. The molecule has 1 saturated carbocycles. The van der Waals surface area contributed by atoms with E-state index in [0.29, 0.717) is 22.1 Å². The molecule has 9 rings (SSSR count). The number of carbonyl (C=O) groups excluding carboxylic acids is 1. The number of sulfonamides is 1. The Balaban J connectivity index is 1.22. The highest BCUT2D eigenvalue weighted by atomic mass is 35.5. The third-order valence-corrected chi connectivity index (χ3v) is 12.9. The lowest BCUT2D eigenvalue weighted by molar-refractivity contribution is -0.123. The zero-order valence-electron chi connectivity index (χ0n) is 34.1. The van der Waals surface area contributed by atoms with E-state index in [2.05, 4.69) is 25.5 Å². The predicted octanol–water partition coefficient (Wildman–Crippen LogP) is 6.72. The van der Waals surface area contributed by atoms with E-state index >= 15 is 8.78 Å². The first-order chi connectivity index (χ1) is 30.7. The number of nitrogens with one attached hydrogen (secondary N) is 1. The van der Waals surface area contributed by atoms with Crippen LogP contribution in [-0.2, 0) is 47.3 Å². The zero-order chi connectivity index (χ0) is 46.4. The molecule has 338 valence electrons. The molecule has 0 bridgehead atoms. The highest BCUT2D eigenvalue weighted by Crippen LogP contribution is 2.68. The highest BCUT2D eigenvalue weighted by molar-refractivity contribution is 7.92. The summed E-state index contributed by atoms with van der Waals surface area (Å²) in [6, 6.07) is 12.5. The van der Waals surface area contributed by atoms with Gasteiger partial charge in [-0.05, 0) is 65.9 Å². The van der Waals surface area contributed by atoms with Crippen molar-refractivity contribution in [2.24, 2.45) is 13.0 Å². The molecule has 2 N–H and O–H groups in total. The van der Waals surface area contributed by atoms with Crippen LogP contribution in [0.3, 0.4) is 0 Å². The molecule has 0 radical (unpaired) electrons. The number of benzene rings is 3. The fourth-order valence-electron chi connectivity index (χ4n) is 8.60. The van der Waals surface area contributed by atoms with E-state index < -0.39 is 99.4 Å². The van der Waals surface area contributed by atoms with E-state index in [0.717, 1.165) is 33.3 Å². The standard InChI is InChI=1S/C42H34ClF6N9O6S/c1-55-35-29(10-9-27(43)33(35)40(54-55)57(65(3,62)63)17-19-4-6-23(64-2)7-5-19)58-39(52-38-24(41(58)61)8-11-30(59)51-38)28(14-20-12-21(44)15-22(45)13-20)50-31(60)18-56-36-32(34(53-56)37(46)47)25-16-26(25)42(36,48)49/h4-13,15,25-26,28,37H,14,16-18H2,1-3H3,(H,50,60)(H,51,59)/t25-,26+,28-/m0/s1. The van der Waals surface area contributed by atoms with Gasteiger partial charge in [0, 0.05) is 37.1 Å². The molecule has 1 amide bonds. The van der Waals surface area contributed by atoms with Crippen molar-refractivity contribution in [1.82, 2.24) is 39.4 Å². The molecule has 3 aromatic carbocycles. The van der Waals surface area contributed by atoms with Crippen LogP contribution in [-0.4, -0.2) is 66.9 Å². The Labute approximate surface area is 368 Å². The number of alkyl halides is 4. The maximum Gasteiger partial charge on any atom is 0.293 e. The molecule has 0 spiro atoms. The summed E-state index contributed by atoms with van der Waals surface area (Å²) in [7, 11) is -1.19. The molecule has 2 aliphatic carbocycles. The Kier molecular flexibility index (Phi) is 10.6. The second-order valence-corrected chi connectivity index (χ2v) is 18.1. The molecule has 65 heavy (non-hydrogen) atoms. The second-order valence-electron chi connectivity index (χ2n) is 15.8. The fourth-order valence-corrected chi connectivity index (χ4v) is 9.67. The van der Waals surface area contributed by atoms with Gasteiger partial charge in [-0.15, -0.1) is 0 Å². The molecule has 1 fully saturated rings. The molecule has 23 heteroatoms. The minimum Gasteiger partial charge on any atom is -0.497 e. The number of fused-ring (bicyclic) bond motifs is 5. The summed E-state index contributed by atoms with van der Waals surface area (Å²) in [6.45, 7) is -1.25. The van der Waals surface area contributed by atoms with Gasteiger partial charge in [-0.3, -0.25) is 23.5 Å². The third-order valence-electron chi connectivity index (χ3n) is 11.5. The van der Waals surface area contributed by atoms with Crippen LogP contribution in [0.2, 0.25) is 5.02 Å². The number of hydrogen-bond acceptors (Lipinski definition) is 10. The third kappa shape index (κ3) is 7.66. The first kappa shape index (κ1) is 43.6. The first-order valence-corrected chi connectivity index (χ1v) is 21.9. The van der Waals surface area contributed by atoms with Crippen molar-refractivity contribution in [1.29, 1.82) is 0 Å². The summed E-state index contributed by atoms with van der Waals surface area (Å²) >= 11 is 6.83. The number of anilines is 1. The molecule has 15 nitrogen and oxygen atoms in total. The van der Waals surface area contributed by atoms with Crippen molar-refractivity contribution < 1.29 is 49.4 Å². The number of carbonyl (C=O) groups is 1. The Bertz CT molecular complexity index is 3250. The number of halogens is 7. The van der Waals surface area contributed by atoms with E-state index in [4.69, 9.17) is 16.3 Å². The van der Waals surface area contributed by atoms with Gasteiger partial charge in [0.2, 0.25) is 21.8 Å². The molecule has 4 aromatic heterocycles. The van der Waals surface area contributed by atoms with Crippen LogP contribution in [0.4, 0.5) is 32.2 Å². The molecular formula is C42H34ClF6N9O6S. The first-order valence-electron chi connectivity index (χ1n) is 19.6. The molecule has 0 saturated heterocycles. The SMILES string of the molecule is COc1ccc(CN(c2nn(C)c3c(-n4c([C@H](Cc5cc(F)cc(F)c5)NC(=O)Cn5nc(C(F)F)c6c5C(F)(F)[C@@H]5C[C@H]65)nc5nc(O)ccc5c4=O)ccc(Cl)c23)S(C)(=O)=O)cc1. The summed E-state index contributed by atoms with van der Waals surface area (Å²) in [5.74, 6) is -9.37. The van der Waals surface area contributed by atoms with Crippen molar-refractivity contribution in [2.45, 2.75) is 50.2 Å². The number of amides is 1. The largest absolute Gasteiger partial charge is 0.497 e. The lowest BCUT2D eigenvalue weighted by Gasteiger charge is -2.24. The number of aryl methyl sites for hydroxylation is 1. The van der Waals surface area contributed by atoms with E-state index in [-0.39, 0.29) is 62.6 Å². The van der Waals surface area contributed by atoms with Gasteiger partial charge in [0.05, 0.1) is 53.0 Å². The van der Waals surface area contributed by atoms with Crippen molar-refractivity contribution in [2.75, 3.05) is 17.7 Å². The van der Waals surface area contributed by atoms with Gasteiger partial charge in [0.15, 0.2) is 11.5 Å². The van der Waals surface area contributed by atoms with E-state index in [1.165, 1.54) is 37.0 Å². The van der Waals surface area contributed by atoms with Gasteiger partial charge in [-0.25, -0.2) is 35.3 Å².